The zero-order chi connectivity index (χ0) is 33.9. The van der Waals surface area contributed by atoms with E-state index < -0.39 is 23.5 Å². The number of furan rings is 1. The Morgan fingerprint density at radius 1 is 1.04 bits per heavy atom. The van der Waals surface area contributed by atoms with Gasteiger partial charge in [-0.3, -0.25) is 14.5 Å². The first-order chi connectivity index (χ1) is 23.2. The largest absolute Gasteiger partial charge is 0.503 e. The van der Waals surface area contributed by atoms with Gasteiger partial charge >= 0.3 is 0 Å². The second kappa shape index (κ2) is 14.5. The molecule has 6 rings (SSSR count). The van der Waals surface area contributed by atoms with Gasteiger partial charge in [0.15, 0.2) is 38.7 Å². The highest BCUT2D eigenvalue weighted by Gasteiger charge is 2.47. The molecule has 48 heavy (non-hydrogen) atoms. The van der Waals surface area contributed by atoms with Crippen LogP contribution in [0.25, 0.3) is 11.0 Å². The number of aromatic nitrogens is 2. The molecule has 3 heterocycles. The number of nitrogens with zero attached hydrogens (tertiary/aromatic N) is 3. The molecule has 0 saturated carbocycles. The fourth-order valence-electron chi connectivity index (χ4n) is 5.23. The van der Waals surface area contributed by atoms with Gasteiger partial charge in [0.2, 0.25) is 10.9 Å². The molecule has 1 aliphatic heterocycles. The maximum Gasteiger partial charge on any atom is 0.296 e. The molecule has 0 bridgehead atoms. The zero-order valence-corrected chi connectivity index (χ0v) is 29.1. The van der Waals surface area contributed by atoms with E-state index >= 15 is 0 Å². The Labute approximate surface area is 294 Å². The number of rotatable bonds is 13. The lowest BCUT2D eigenvalue weighted by Crippen LogP contribution is -2.31. The lowest BCUT2D eigenvalue weighted by Gasteiger charge is -2.24. The highest BCUT2D eigenvalue weighted by atomic mass is 35.5. The van der Waals surface area contributed by atoms with Crippen molar-refractivity contribution in [3.8, 4) is 17.2 Å². The number of benzene rings is 3. The molecule has 2 aromatic heterocycles. The van der Waals surface area contributed by atoms with Crippen LogP contribution in [0.4, 0.5) is 5.13 Å². The Bertz CT molecular complexity index is 2040. The van der Waals surface area contributed by atoms with Gasteiger partial charge in [0.05, 0.1) is 32.4 Å². The molecule has 14 heteroatoms. The number of carbonyl (C=O) groups excluding carboxylic acids is 2. The van der Waals surface area contributed by atoms with Crippen LogP contribution in [-0.2, 0) is 10.5 Å². The smallest absolute Gasteiger partial charge is 0.296 e. The molecule has 1 atom stereocenters. The number of aliphatic hydroxyl groups is 1. The lowest BCUT2D eigenvalue weighted by atomic mass is 9.95. The number of methoxy groups -OCH3 is 2. The predicted octanol–water partition coefficient (Wildman–Crippen LogP) is 8.86. The number of halogens is 2. The van der Waals surface area contributed by atoms with Crippen molar-refractivity contribution < 1.29 is 33.3 Å². The van der Waals surface area contributed by atoms with E-state index in [0.717, 1.165) is 29.7 Å². The average molecular weight is 727 g/mol. The first-order valence-electron chi connectivity index (χ1n) is 14.8. The number of ketones is 1. The zero-order valence-electron chi connectivity index (χ0n) is 26.0. The summed E-state index contributed by atoms with van der Waals surface area (Å²) in [6, 6.07) is 16.1. The summed E-state index contributed by atoms with van der Waals surface area (Å²) < 4.78 is 23.4. The first-order valence-corrected chi connectivity index (χ1v) is 17.4. The third-order valence-corrected chi connectivity index (χ3v) is 10.3. The number of para-hydroxylation sites is 1. The summed E-state index contributed by atoms with van der Waals surface area (Å²) >= 11 is 14.9. The summed E-state index contributed by atoms with van der Waals surface area (Å²) in [6.07, 6.45) is 1.81. The van der Waals surface area contributed by atoms with Crippen molar-refractivity contribution in [1.29, 1.82) is 0 Å². The second-order valence-electron chi connectivity index (χ2n) is 10.6. The number of ether oxygens (including phenoxy) is 3. The average Bonchev–Trinajstić information content (AvgIpc) is 3.80. The third-order valence-electron chi connectivity index (χ3n) is 7.63. The standard InChI is InChI=1S/C34H29Cl2N3O7S2/c1-4-5-13-45-23-12-10-18(14-25(23)44-3)28-27(29(40)26-15-19-7-6-8-24(43-2)31(19)46-26)30(41)32(42)39(28)33-37-38-34(48-33)47-17-20-9-11-21(35)16-22(20)36/h6-12,14-16,28,41H,4-5,13,17H2,1-3H3. The van der Waals surface area contributed by atoms with Crippen LogP contribution >= 0.6 is 46.3 Å². The molecule has 1 unspecified atom stereocenters. The van der Waals surface area contributed by atoms with E-state index in [4.69, 9.17) is 41.8 Å². The van der Waals surface area contributed by atoms with Crippen molar-refractivity contribution in [3.63, 3.8) is 0 Å². The molecule has 3 aromatic carbocycles. The molecule has 248 valence electrons. The number of anilines is 1. The van der Waals surface area contributed by atoms with Gasteiger partial charge in [-0.2, -0.15) is 0 Å². The lowest BCUT2D eigenvalue weighted by molar-refractivity contribution is -0.117. The first kappa shape index (κ1) is 33.7. The van der Waals surface area contributed by atoms with Gasteiger partial charge in [-0.05, 0) is 53.9 Å². The van der Waals surface area contributed by atoms with Crippen LogP contribution in [0, 0.1) is 0 Å². The van der Waals surface area contributed by atoms with Gasteiger partial charge < -0.3 is 23.7 Å². The normalized spacial score (nSPS) is 14.6. The Hall–Kier alpha value is -4.23. The second-order valence-corrected chi connectivity index (χ2v) is 13.7. The number of hydrogen-bond acceptors (Lipinski definition) is 11. The molecular weight excluding hydrogens is 697 g/mol. The number of hydrogen-bond donors (Lipinski definition) is 1. The maximum atomic E-state index is 14.2. The van der Waals surface area contributed by atoms with Crippen molar-refractivity contribution in [2.75, 3.05) is 25.7 Å². The molecule has 0 fully saturated rings. The molecule has 0 radical (unpaired) electrons. The molecule has 1 N–H and O–H groups in total. The van der Waals surface area contributed by atoms with Gasteiger partial charge in [0.25, 0.3) is 5.91 Å². The summed E-state index contributed by atoms with van der Waals surface area (Å²) in [7, 11) is 3.00. The number of aliphatic hydroxyl groups excluding tert-OH is 1. The van der Waals surface area contributed by atoms with E-state index in [2.05, 4.69) is 17.1 Å². The van der Waals surface area contributed by atoms with Crippen molar-refractivity contribution in [3.05, 3.63) is 98.9 Å². The molecule has 5 aromatic rings. The van der Waals surface area contributed by atoms with Gasteiger partial charge in [-0.1, -0.05) is 83.9 Å². The third kappa shape index (κ3) is 6.57. The molecule has 1 aliphatic rings. The van der Waals surface area contributed by atoms with E-state index in [9.17, 15) is 14.7 Å². The van der Waals surface area contributed by atoms with Crippen molar-refractivity contribution in [2.45, 2.75) is 35.9 Å². The number of carbonyl (C=O) groups is 2. The predicted molar refractivity (Wildman–Crippen MR) is 186 cm³/mol. The number of thioether (sulfide) groups is 1. The number of amides is 1. The van der Waals surface area contributed by atoms with Gasteiger partial charge in [-0.15, -0.1) is 10.2 Å². The summed E-state index contributed by atoms with van der Waals surface area (Å²) in [5.74, 6) is -0.470. The summed E-state index contributed by atoms with van der Waals surface area (Å²) in [5, 5.41) is 21.8. The van der Waals surface area contributed by atoms with Crippen LogP contribution in [0.1, 0.15) is 47.5 Å². The Morgan fingerprint density at radius 2 is 1.85 bits per heavy atom. The highest BCUT2D eigenvalue weighted by molar-refractivity contribution is 8.00. The number of Topliss-reactive ketones (excluding diaryl/α,β-unsaturated/α-hetero) is 1. The van der Waals surface area contributed by atoms with E-state index in [1.165, 1.54) is 30.9 Å². The van der Waals surface area contributed by atoms with Crippen LogP contribution in [0.2, 0.25) is 10.0 Å². The minimum Gasteiger partial charge on any atom is -0.503 e. The van der Waals surface area contributed by atoms with E-state index in [1.54, 1.807) is 54.6 Å². The fourth-order valence-corrected chi connectivity index (χ4v) is 7.65. The van der Waals surface area contributed by atoms with Crippen LogP contribution < -0.4 is 19.1 Å². The summed E-state index contributed by atoms with van der Waals surface area (Å²) in [4.78, 5) is 29.3. The van der Waals surface area contributed by atoms with Crippen molar-refractivity contribution >= 4 is 74.1 Å². The number of unbranched alkanes of at least 4 members (excludes halogenated alkanes) is 1. The molecule has 0 saturated heterocycles. The minimum absolute atomic E-state index is 0.0736. The van der Waals surface area contributed by atoms with Crippen molar-refractivity contribution in [1.82, 2.24) is 10.2 Å². The Morgan fingerprint density at radius 3 is 2.60 bits per heavy atom. The minimum atomic E-state index is -1.10. The Balaban J connectivity index is 1.39. The molecule has 10 nitrogen and oxygen atoms in total. The van der Waals surface area contributed by atoms with Crippen LogP contribution in [0.3, 0.4) is 0 Å². The highest BCUT2D eigenvalue weighted by Crippen LogP contribution is 2.46. The maximum absolute atomic E-state index is 14.2. The van der Waals surface area contributed by atoms with E-state index in [0.29, 0.717) is 60.5 Å². The van der Waals surface area contributed by atoms with Crippen LogP contribution in [0.5, 0.6) is 17.2 Å². The summed E-state index contributed by atoms with van der Waals surface area (Å²) in [6.45, 7) is 2.56. The molecule has 0 aliphatic carbocycles. The van der Waals surface area contributed by atoms with Crippen LogP contribution in [0.15, 0.2) is 80.8 Å². The van der Waals surface area contributed by atoms with E-state index in [-0.39, 0.29) is 16.5 Å². The quantitative estimate of drug-likeness (QED) is 0.0545. The molecule has 1 amide bonds. The fraction of sp³-hybridized carbons (Fsp3) is 0.235. The Kier molecular flexibility index (Phi) is 10.2. The van der Waals surface area contributed by atoms with Crippen molar-refractivity contribution in [2.24, 2.45) is 0 Å². The molecule has 0 spiro atoms. The summed E-state index contributed by atoms with van der Waals surface area (Å²) in [5.41, 5.74) is 1.50. The number of fused-ring (bicyclic) bond motifs is 1. The van der Waals surface area contributed by atoms with Gasteiger partial charge in [0, 0.05) is 21.2 Å². The monoisotopic (exact) mass is 725 g/mol. The van der Waals surface area contributed by atoms with Gasteiger partial charge in [-0.25, -0.2) is 0 Å². The molecular formula is C34H29Cl2N3O7S2. The SMILES string of the molecule is CCCCOc1ccc(C2C(C(=O)c3cc4cccc(OC)c4o3)=C(O)C(=O)N2c2nnc(SCc3ccc(Cl)cc3Cl)s2)cc1OC. The van der Waals surface area contributed by atoms with Crippen LogP contribution in [-0.4, -0.2) is 47.8 Å². The van der Waals surface area contributed by atoms with Gasteiger partial charge in [0.1, 0.15) is 0 Å². The topological polar surface area (TPSA) is 124 Å². The van der Waals surface area contributed by atoms with E-state index in [1.807, 2.05) is 6.07 Å².